The molecule has 0 saturated carbocycles. The molecule has 3 N–H and O–H groups in total. The molecule has 45 heavy (non-hydrogen) atoms. The summed E-state index contributed by atoms with van der Waals surface area (Å²) in [5.41, 5.74) is -7.88. The molecule has 3 heterocycles. The van der Waals surface area contributed by atoms with Crippen LogP contribution in [-0.2, 0) is 5.60 Å². The lowest BCUT2D eigenvalue weighted by Crippen LogP contribution is -2.53. The number of nitrogens with zero attached hydrogens (tertiary/aromatic N) is 3. The molecule has 0 unspecified atom stereocenters. The normalized spacial score (nSPS) is 22.7. The predicted molar refractivity (Wildman–Crippen MR) is 142 cm³/mol. The molecule has 0 spiro atoms. The van der Waals surface area contributed by atoms with Gasteiger partial charge in [0.2, 0.25) is 0 Å². The van der Waals surface area contributed by atoms with Gasteiger partial charge < -0.3 is 29.9 Å². The molecule has 1 aromatic heterocycles. The van der Waals surface area contributed by atoms with Crippen molar-refractivity contribution in [2.75, 3.05) is 19.6 Å². The molecule has 3 atom stereocenters. The minimum Gasteiger partial charge on any atom is -0.490 e. The summed E-state index contributed by atoms with van der Waals surface area (Å²) in [5, 5.41) is 29.6. The Balaban J connectivity index is 1.91. The van der Waals surface area contributed by atoms with Crippen molar-refractivity contribution < 1.29 is 64.8 Å². The van der Waals surface area contributed by atoms with Crippen molar-refractivity contribution in [1.82, 2.24) is 14.8 Å². The molecule has 4 rings (SSSR count). The van der Waals surface area contributed by atoms with Crippen LogP contribution >= 0.6 is 11.3 Å². The highest BCUT2D eigenvalue weighted by atomic mass is 32.1. The van der Waals surface area contributed by atoms with E-state index >= 15 is 0 Å². The van der Waals surface area contributed by atoms with E-state index in [0.29, 0.717) is 29.5 Å². The van der Waals surface area contributed by atoms with Crippen LogP contribution in [0.5, 0.6) is 5.75 Å². The van der Waals surface area contributed by atoms with Crippen molar-refractivity contribution in [3.63, 3.8) is 0 Å². The first kappa shape index (κ1) is 34.8. The van der Waals surface area contributed by atoms with Crippen LogP contribution in [-0.4, -0.2) is 104 Å². The van der Waals surface area contributed by atoms with E-state index in [-0.39, 0.29) is 30.0 Å². The molecule has 18 heteroatoms. The summed E-state index contributed by atoms with van der Waals surface area (Å²) >= 11 is 0.483. The van der Waals surface area contributed by atoms with Gasteiger partial charge in [-0.25, -0.2) is 13.8 Å². The number of thiazole rings is 1. The van der Waals surface area contributed by atoms with Gasteiger partial charge >= 0.3 is 12.4 Å². The number of hydrogen-bond acceptors (Lipinski definition) is 8. The van der Waals surface area contributed by atoms with Crippen LogP contribution in [0.25, 0.3) is 10.4 Å². The molecule has 0 radical (unpaired) electrons. The second-order valence-corrected chi connectivity index (χ2v) is 12.4. The van der Waals surface area contributed by atoms with Gasteiger partial charge in [0.15, 0.2) is 5.01 Å². The van der Waals surface area contributed by atoms with E-state index < -0.39 is 95.0 Å². The van der Waals surface area contributed by atoms with Crippen molar-refractivity contribution in [2.45, 2.75) is 81.8 Å². The number of hydrogen-bond donors (Lipinski definition) is 3. The smallest absolute Gasteiger partial charge is 0.430 e. The average Bonchev–Trinajstić information content (AvgIpc) is 3.45. The zero-order valence-corrected chi connectivity index (χ0v) is 24.7. The molecular weight excluding hydrogens is 646 g/mol. The van der Waals surface area contributed by atoms with Gasteiger partial charge in [-0.1, -0.05) is 6.07 Å². The molecular formula is C27H29F8N3O6S. The minimum atomic E-state index is -6.21. The standard InChI is InChI=1S/C27H29F8N3O6S/c1-12(2)44-18-6-14(25(43,26(30,31)32)27(33,34)35)4-5-17(18)20-19(22(41)38-11-24(28,29)8-13(38)3)36-21(45-20)23(42)37-9-15(39)7-16(40)10-37/h4-6,12-13,15-16,39-40,43H,7-11H2,1-3H3/t13-,15-,16+/m0/s1. The highest BCUT2D eigenvalue weighted by Crippen LogP contribution is 2.52. The lowest BCUT2D eigenvalue weighted by molar-refractivity contribution is -0.376. The summed E-state index contributed by atoms with van der Waals surface area (Å²) in [6.45, 7) is 2.65. The first-order chi connectivity index (χ1) is 20.6. The minimum absolute atomic E-state index is 0.0257. The molecule has 2 aliphatic rings. The zero-order chi connectivity index (χ0) is 33.9. The number of benzene rings is 1. The SMILES string of the molecule is CC(C)Oc1cc(C(O)(C(F)(F)F)C(F)(F)F)ccc1-c1sc(C(=O)N2C[C@H](O)C[C@H](O)C2)nc1C(=O)N1CC(F)(F)C[C@@H]1C. The van der Waals surface area contributed by atoms with Crippen molar-refractivity contribution in [3.05, 3.63) is 34.5 Å². The molecule has 0 bridgehead atoms. The number of halogens is 8. The van der Waals surface area contributed by atoms with Crippen LogP contribution in [0.15, 0.2) is 18.2 Å². The number of aliphatic hydroxyl groups excluding tert-OH is 2. The average molecular weight is 676 g/mol. The maximum Gasteiger partial charge on any atom is 0.430 e. The number of rotatable bonds is 6. The molecule has 2 aliphatic heterocycles. The lowest BCUT2D eigenvalue weighted by atomic mass is 9.90. The van der Waals surface area contributed by atoms with E-state index in [1.807, 2.05) is 0 Å². The molecule has 2 aromatic rings. The number of alkyl halides is 8. The Morgan fingerprint density at radius 2 is 1.62 bits per heavy atom. The fourth-order valence-corrected chi connectivity index (χ4v) is 6.34. The molecule has 2 fully saturated rings. The second-order valence-electron chi connectivity index (χ2n) is 11.4. The van der Waals surface area contributed by atoms with Crippen LogP contribution in [0.3, 0.4) is 0 Å². The van der Waals surface area contributed by atoms with Gasteiger partial charge in [0.05, 0.1) is 29.7 Å². The third-order valence-electron chi connectivity index (χ3n) is 7.32. The van der Waals surface area contributed by atoms with Crippen molar-refractivity contribution in [3.8, 4) is 16.2 Å². The van der Waals surface area contributed by atoms with Gasteiger partial charge in [-0.2, -0.15) is 26.3 Å². The Morgan fingerprint density at radius 3 is 2.11 bits per heavy atom. The third kappa shape index (κ3) is 6.73. The van der Waals surface area contributed by atoms with Crippen LogP contribution < -0.4 is 4.74 Å². The predicted octanol–water partition coefficient (Wildman–Crippen LogP) is 4.35. The Kier molecular flexibility index (Phi) is 9.22. The van der Waals surface area contributed by atoms with E-state index in [1.165, 1.54) is 20.8 Å². The maximum atomic E-state index is 14.2. The highest BCUT2D eigenvalue weighted by Gasteiger charge is 2.71. The monoisotopic (exact) mass is 675 g/mol. The summed E-state index contributed by atoms with van der Waals surface area (Å²) in [4.78, 5) is 32.6. The molecule has 250 valence electrons. The van der Waals surface area contributed by atoms with E-state index in [2.05, 4.69) is 4.98 Å². The molecule has 0 aliphatic carbocycles. The number of piperidine rings is 1. The topological polar surface area (TPSA) is 123 Å². The van der Waals surface area contributed by atoms with E-state index in [1.54, 1.807) is 0 Å². The van der Waals surface area contributed by atoms with Crippen LogP contribution in [0.2, 0.25) is 0 Å². The van der Waals surface area contributed by atoms with Crippen molar-refractivity contribution >= 4 is 23.2 Å². The van der Waals surface area contributed by atoms with Crippen LogP contribution in [0, 0.1) is 0 Å². The number of carbonyl (C=O) groups excluding carboxylic acids is 2. The Bertz CT molecular complexity index is 1420. The van der Waals surface area contributed by atoms with E-state index in [4.69, 9.17) is 4.74 Å². The van der Waals surface area contributed by atoms with E-state index in [0.717, 1.165) is 9.80 Å². The Labute approximate surface area is 255 Å². The summed E-state index contributed by atoms with van der Waals surface area (Å²) < 4.78 is 116. The van der Waals surface area contributed by atoms with Crippen molar-refractivity contribution in [2.24, 2.45) is 0 Å². The Hall–Kier alpha value is -3.09. The maximum absolute atomic E-state index is 14.2. The van der Waals surface area contributed by atoms with Gasteiger partial charge in [0.25, 0.3) is 23.3 Å². The Morgan fingerprint density at radius 1 is 1.04 bits per heavy atom. The van der Waals surface area contributed by atoms with Crippen molar-refractivity contribution in [1.29, 1.82) is 0 Å². The molecule has 1 aromatic carbocycles. The summed E-state index contributed by atoms with van der Waals surface area (Å²) in [5.74, 6) is -5.90. The number of aliphatic hydroxyl groups is 3. The van der Waals surface area contributed by atoms with Crippen LogP contribution in [0.4, 0.5) is 35.1 Å². The lowest BCUT2D eigenvalue weighted by Gasteiger charge is -2.33. The molecule has 2 amide bonds. The van der Waals surface area contributed by atoms with Gasteiger partial charge in [-0.15, -0.1) is 11.3 Å². The van der Waals surface area contributed by atoms with Crippen LogP contribution in [0.1, 0.15) is 59.5 Å². The highest BCUT2D eigenvalue weighted by molar-refractivity contribution is 7.17. The van der Waals surface area contributed by atoms with Gasteiger partial charge in [0, 0.05) is 43.1 Å². The fourth-order valence-electron chi connectivity index (χ4n) is 5.28. The number of aromatic nitrogens is 1. The first-order valence-electron chi connectivity index (χ1n) is 13.6. The number of carbonyl (C=O) groups is 2. The van der Waals surface area contributed by atoms with Gasteiger partial charge in [-0.05, 0) is 32.9 Å². The quantitative estimate of drug-likeness (QED) is 0.390. The second kappa shape index (κ2) is 11.9. The summed E-state index contributed by atoms with van der Waals surface area (Å²) in [6, 6.07) is 0.333. The van der Waals surface area contributed by atoms with Gasteiger partial charge in [-0.3, -0.25) is 9.59 Å². The molecule has 2 saturated heterocycles. The third-order valence-corrected chi connectivity index (χ3v) is 8.40. The molecule has 9 nitrogen and oxygen atoms in total. The van der Waals surface area contributed by atoms with Gasteiger partial charge in [0.1, 0.15) is 11.4 Å². The van der Waals surface area contributed by atoms with E-state index in [9.17, 15) is 60.0 Å². The summed E-state index contributed by atoms with van der Waals surface area (Å²) in [7, 11) is 0. The summed E-state index contributed by atoms with van der Waals surface area (Å²) in [6.07, 6.45) is -16.2. The number of amides is 2. The largest absolute Gasteiger partial charge is 0.490 e. The fraction of sp³-hybridized carbons (Fsp3) is 0.593. The number of β-amino-alcohol motifs (C(OH)–C–C–N with tert-alkyl or cyclic N) is 2. The number of likely N-dealkylation sites (tertiary alicyclic amines) is 2. The first-order valence-corrected chi connectivity index (χ1v) is 14.4. The zero-order valence-electron chi connectivity index (χ0n) is 23.9. The number of ether oxygens (including phenoxy) is 1.